The van der Waals surface area contributed by atoms with Crippen LogP contribution in [-0.2, 0) is 13.1 Å². The zero-order chi connectivity index (χ0) is 15.4. The first-order chi connectivity index (χ1) is 10.7. The zero-order valence-corrected chi connectivity index (χ0v) is 12.1. The number of hydrogen-bond donors (Lipinski definition) is 1. The van der Waals surface area contributed by atoms with Crippen molar-refractivity contribution in [3.05, 3.63) is 65.6 Å². The lowest BCUT2D eigenvalue weighted by molar-refractivity contribution is 0.0941. The summed E-state index contributed by atoms with van der Waals surface area (Å²) in [6.07, 6.45) is 6.88. The highest BCUT2D eigenvalue weighted by Gasteiger charge is 2.20. The Morgan fingerprint density at radius 1 is 1.32 bits per heavy atom. The van der Waals surface area contributed by atoms with Gasteiger partial charge in [0.15, 0.2) is 5.69 Å². The molecule has 0 aromatic carbocycles. The Morgan fingerprint density at radius 2 is 2.14 bits per heavy atom. The van der Waals surface area contributed by atoms with E-state index in [0.717, 1.165) is 11.1 Å². The molecule has 3 rings (SSSR count). The smallest absolute Gasteiger partial charge is 0.274 e. The normalized spacial score (nSPS) is 10.6. The summed E-state index contributed by atoms with van der Waals surface area (Å²) in [7, 11) is 0. The van der Waals surface area contributed by atoms with E-state index in [1.54, 1.807) is 30.2 Å². The molecule has 3 aromatic rings. The molecule has 112 valence electrons. The van der Waals surface area contributed by atoms with Gasteiger partial charge in [-0.2, -0.15) is 5.10 Å². The predicted octanol–water partition coefficient (Wildman–Crippen LogP) is 1.55. The number of aryl methyl sites for hydroxylation is 1. The summed E-state index contributed by atoms with van der Waals surface area (Å²) in [5.41, 5.74) is 2.00. The van der Waals surface area contributed by atoms with Gasteiger partial charge in [-0.1, -0.05) is 5.16 Å². The molecule has 0 saturated carbocycles. The van der Waals surface area contributed by atoms with Gasteiger partial charge in [0.1, 0.15) is 5.76 Å². The Kier molecular flexibility index (Phi) is 3.95. The molecule has 1 amide bonds. The summed E-state index contributed by atoms with van der Waals surface area (Å²) in [6, 6.07) is 5.52. The third kappa shape index (κ3) is 3.03. The lowest BCUT2D eigenvalue weighted by Crippen LogP contribution is -2.24. The molecular formula is C15H15N5O2. The maximum Gasteiger partial charge on any atom is 0.274 e. The number of amides is 1. The molecule has 0 bridgehead atoms. The first-order valence-electron chi connectivity index (χ1n) is 6.83. The molecular weight excluding hydrogens is 282 g/mol. The van der Waals surface area contributed by atoms with Crippen molar-refractivity contribution in [2.24, 2.45) is 0 Å². The Hall–Kier alpha value is -2.96. The quantitative estimate of drug-likeness (QED) is 0.772. The maximum atomic E-state index is 12.3. The topological polar surface area (TPSA) is 85.8 Å². The summed E-state index contributed by atoms with van der Waals surface area (Å²) in [6.45, 7) is 2.64. The standard InChI is InChI=1S/C15H15N5O2/c1-11-13(10-20-8-2-5-18-20)14(19-22-11)15(21)17-9-12-3-6-16-7-4-12/h2-8H,9-10H2,1H3,(H,17,21). The van der Waals surface area contributed by atoms with Crippen LogP contribution in [0.5, 0.6) is 0 Å². The number of rotatable bonds is 5. The van der Waals surface area contributed by atoms with Crippen molar-refractivity contribution in [2.75, 3.05) is 0 Å². The molecule has 0 fully saturated rings. The lowest BCUT2D eigenvalue weighted by Gasteiger charge is -2.05. The van der Waals surface area contributed by atoms with E-state index in [-0.39, 0.29) is 5.91 Å². The third-order valence-electron chi connectivity index (χ3n) is 3.28. The summed E-state index contributed by atoms with van der Waals surface area (Å²) in [4.78, 5) is 16.2. The van der Waals surface area contributed by atoms with Gasteiger partial charge in [0.25, 0.3) is 5.91 Å². The molecule has 0 radical (unpaired) electrons. The molecule has 7 nitrogen and oxygen atoms in total. The largest absolute Gasteiger partial charge is 0.361 e. The zero-order valence-electron chi connectivity index (χ0n) is 12.1. The van der Waals surface area contributed by atoms with Crippen LogP contribution in [0.3, 0.4) is 0 Å². The van der Waals surface area contributed by atoms with Crippen molar-refractivity contribution >= 4 is 5.91 Å². The molecule has 0 atom stereocenters. The number of carbonyl (C=O) groups excluding carboxylic acids is 1. The highest BCUT2D eigenvalue weighted by molar-refractivity contribution is 5.93. The van der Waals surface area contributed by atoms with Crippen LogP contribution in [-0.4, -0.2) is 25.8 Å². The Labute approximate surface area is 127 Å². The van der Waals surface area contributed by atoms with E-state index in [9.17, 15) is 4.79 Å². The SMILES string of the molecule is Cc1onc(C(=O)NCc2ccncc2)c1Cn1cccn1. The minimum absolute atomic E-state index is 0.268. The Balaban J connectivity index is 1.72. The van der Waals surface area contributed by atoms with Crippen LogP contribution >= 0.6 is 0 Å². The van der Waals surface area contributed by atoms with E-state index in [1.165, 1.54) is 0 Å². The van der Waals surface area contributed by atoms with Crippen molar-refractivity contribution in [3.8, 4) is 0 Å². The molecule has 3 aromatic heterocycles. The van der Waals surface area contributed by atoms with Gasteiger partial charge in [-0.05, 0) is 30.7 Å². The van der Waals surface area contributed by atoms with E-state index in [4.69, 9.17) is 4.52 Å². The summed E-state index contributed by atoms with van der Waals surface area (Å²) in [5.74, 6) is 0.348. The Morgan fingerprint density at radius 3 is 2.86 bits per heavy atom. The summed E-state index contributed by atoms with van der Waals surface area (Å²) >= 11 is 0. The van der Waals surface area contributed by atoms with Crippen LogP contribution in [0.1, 0.15) is 27.4 Å². The molecule has 0 spiro atoms. The van der Waals surface area contributed by atoms with E-state index < -0.39 is 0 Å². The second-order valence-corrected chi connectivity index (χ2v) is 4.81. The average Bonchev–Trinajstić information content (AvgIpc) is 3.17. The number of hydrogen-bond acceptors (Lipinski definition) is 5. The van der Waals surface area contributed by atoms with Crippen LogP contribution in [0.15, 0.2) is 47.5 Å². The molecule has 7 heteroatoms. The van der Waals surface area contributed by atoms with Crippen molar-refractivity contribution in [1.82, 2.24) is 25.2 Å². The highest BCUT2D eigenvalue weighted by Crippen LogP contribution is 2.15. The number of aromatic nitrogens is 4. The maximum absolute atomic E-state index is 12.3. The Bertz CT molecular complexity index is 750. The van der Waals surface area contributed by atoms with Crippen molar-refractivity contribution in [3.63, 3.8) is 0 Å². The molecule has 1 N–H and O–H groups in total. The molecule has 3 heterocycles. The van der Waals surface area contributed by atoms with Crippen molar-refractivity contribution < 1.29 is 9.32 Å². The number of nitrogens with zero attached hydrogens (tertiary/aromatic N) is 4. The van der Waals surface area contributed by atoms with Gasteiger partial charge in [-0.15, -0.1) is 0 Å². The first-order valence-corrected chi connectivity index (χ1v) is 6.83. The molecule has 0 aliphatic heterocycles. The van der Waals surface area contributed by atoms with Crippen LogP contribution < -0.4 is 5.32 Å². The lowest BCUT2D eigenvalue weighted by atomic mass is 10.2. The van der Waals surface area contributed by atoms with Crippen LogP contribution in [0.4, 0.5) is 0 Å². The van der Waals surface area contributed by atoms with Gasteiger partial charge < -0.3 is 9.84 Å². The fraction of sp³-hybridized carbons (Fsp3) is 0.200. The van der Waals surface area contributed by atoms with E-state index in [0.29, 0.717) is 24.5 Å². The van der Waals surface area contributed by atoms with Gasteiger partial charge in [0, 0.05) is 36.9 Å². The van der Waals surface area contributed by atoms with Crippen LogP contribution in [0.25, 0.3) is 0 Å². The van der Waals surface area contributed by atoms with E-state index >= 15 is 0 Å². The third-order valence-corrected chi connectivity index (χ3v) is 3.28. The minimum atomic E-state index is -0.268. The van der Waals surface area contributed by atoms with Gasteiger partial charge >= 0.3 is 0 Å². The van der Waals surface area contributed by atoms with Gasteiger partial charge in [0.05, 0.1) is 6.54 Å². The second-order valence-electron chi connectivity index (χ2n) is 4.81. The number of carbonyl (C=O) groups is 1. The first kappa shape index (κ1) is 14.0. The minimum Gasteiger partial charge on any atom is -0.361 e. The van der Waals surface area contributed by atoms with Crippen molar-refractivity contribution in [1.29, 1.82) is 0 Å². The molecule has 0 saturated heterocycles. The van der Waals surface area contributed by atoms with Gasteiger partial charge in [-0.3, -0.25) is 14.5 Å². The predicted molar refractivity (Wildman–Crippen MR) is 78.0 cm³/mol. The van der Waals surface area contributed by atoms with Gasteiger partial charge in [-0.25, -0.2) is 0 Å². The monoisotopic (exact) mass is 297 g/mol. The second kappa shape index (κ2) is 6.21. The molecule has 0 aliphatic carbocycles. The molecule has 0 unspecified atom stereocenters. The number of nitrogens with one attached hydrogen (secondary N) is 1. The van der Waals surface area contributed by atoms with Crippen LogP contribution in [0.2, 0.25) is 0 Å². The summed E-state index contributed by atoms with van der Waals surface area (Å²) in [5, 5.41) is 10.8. The van der Waals surface area contributed by atoms with Gasteiger partial charge in [0.2, 0.25) is 0 Å². The summed E-state index contributed by atoms with van der Waals surface area (Å²) < 4.78 is 6.88. The van der Waals surface area contributed by atoms with Crippen LogP contribution in [0, 0.1) is 6.92 Å². The average molecular weight is 297 g/mol. The molecule has 0 aliphatic rings. The van der Waals surface area contributed by atoms with E-state index in [1.807, 2.05) is 24.4 Å². The van der Waals surface area contributed by atoms with Crippen molar-refractivity contribution in [2.45, 2.75) is 20.0 Å². The van der Waals surface area contributed by atoms with E-state index in [2.05, 4.69) is 20.6 Å². The highest BCUT2D eigenvalue weighted by atomic mass is 16.5. The fourth-order valence-electron chi connectivity index (χ4n) is 2.08. The number of pyridine rings is 1. The molecule has 22 heavy (non-hydrogen) atoms. The fourth-order valence-corrected chi connectivity index (χ4v) is 2.08.